The van der Waals surface area contributed by atoms with E-state index < -0.39 is 0 Å². The summed E-state index contributed by atoms with van der Waals surface area (Å²) in [6.07, 6.45) is 7.56. The molecule has 3 heteroatoms. The number of rotatable bonds is 6. The molecule has 0 aromatic rings. The summed E-state index contributed by atoms with van der Waals surface area (Å²) in [6.45, 7) is 6.13. The van der Waals surface area contributed by atoms with E-state index in [1.165, 1.54) is 32.2 Å². The number of aliphatic hydroxyl groups excluding tert-OH is 1. The van der Waals surface area contributed by atoms with Gasteiger partial charge in [-0.15, -0.1) is 0 Å². The highest BCUT2D eigenvalue weighted by Gasteiger charge is 2.41. The molecule has 0 spiro atoms. The van der Waals surface area contributed by atoms with Crippen LogP contribution < -0.4 is 5.32 Å². The maximum absolute atomic E-state index is 9.70. The standard InChI is InChI=1S/C15H30N2O/c1-12(2)10-17(13-6-7-13)14-5-4-8-15(9-14,11-18)16-3/h12-14,16,18H,4-11H2,1-3H3. The Morgan fingerprint density at radius 3 is 2.50 bits per heavy atom. The van der Waals surface area contributed by atoms with Gasteiger partial charge in [-0.2, -0.15) is 0 Å². The van der Waals surface area contributed by atoms with Gasteiger partial charge in [-0.25, -0.2) is 0 Å². The summed E-state index contributed by atoms with van der Waals surface area (Å²) in [7, 11) is 2.00. The molecule has 0 aliphatic heterocycles. The van der Waals surface area contributed by atoms with Gasteiger partial charge in [0, 0.05) is 24.2 Å². The van der Waals surface area contributed by atoms with Gasteiger partial charge < -0.3 is 10.4 Å². The third-order valence-electron chi connectivity index (χ3n) is 4.71. The first-order chi connectivity index (χ1) is 8.60. The van der Waals surface area contributed by atoms with Crippen LogP contribution in [0.1, 0.15) is 52.4 Å². The van der Waals surface area contributed by atoms with Crippen LogP contribution in [0.25, 0.3) is 0 Å². The molecular formula is C15H30N2O. The van der Waals surface area contributed by atoms with Gasteiger partial charge >= 0.3 is 0 Å². The number of nitrogens with zero attached hydrogens (tertiary/aromatic N) is 1. The second-order valence-electron chi connectivity index (χ2n) is 6.76. The molecule has 0 radical (unpaired) electrons. The van der Waals surface area contributed by atoms with E-state index in [2.05, 4.69) is 24.1 Å². The van der Waals surface area contributed by atoms with Gasteiger partial charge in [0.25, 0.3) is 0 Å². The first kappa shape index (κ1) is 14.3. The molecule has 2 saturated carbocycles. The third kappa shape index (κ3) is 3.25. The Morgan fingerprint density at radius 2 is 2.00 bits per heavy atom. The average Bonchev–Trinajstić information content (AvgIpc) is 3.20. The lowest BCUT2D eigenvalue weighted by atomic mass is 9.78. The largest absolute Gasteiger partial charge is 0.394 e. The Morgan fingerprint density at radius 1 is 1.28 bits per heavy atom. The fourth-order valence-electron chi connectivity index (χ4n) is 3.49. The molecule has 2 aliphatic rings. The van der Waals surface area contributed by atoms with Crippen molar-refractivity contribution in [2.75, 3.05) is 20.2 Å². The van der Waals surface area contributed by atoms with Crippen molar-refractivity contribution in [3.05, 3.63) is 0 Å². The Hall–Kier alpha value is -0.120. The molecule has 3 nitrogen and oxygen atoms in total. The Labute approximate surface area is 112 Å². The smallest absolute Gasteiger partial charge is 0.0613 e. The van der Waals surface area contributed by atoms with Crippen molar-refractivity contribution in [3.63, 3.8) is 0 Å². The van der Waals surface area contributed by atoms with E-state index >= 15 is 0 Å². The quantitative estimate of drug-likeness (QED) is 0.761. The molecule has 18 heavy (non-hydrogen) atoms. The molecule has 2 unspecified atom stereocenters. The van der Waals surface area contributed by atoms with Gasteiger partial charge in [0.1, 0.15) is 0 Å². The van der Waals surface area contributed by atoms with Crippen LogP contribution in [0.2, 0.25) is 0 Å². The van der Waals surface area contributed by atoms with Gasteiger partial charge in [-0.1, -0.05) is 13.8 Å². The molecule has 2 atom stereocenters. The summed E-state index contributed by atoms with van der Waals surface area (Å²) in [5, 5.41) is 13.1. The molecule has 0 bridgehead atoms. The summed E-state index contributed by atoms with van der Waals surface area (Å²) in [4.78, 5) is 2.74. The van der Waals surface area contributed by atoms with Crippen molar-refractivity contribution < 1.29 is 5.11 Å². The van der Waals surface area contributed by atoms with Crippen molar-refractivity contribution in [1.29, 1.82) is 0 Å². The molecule has 106 valence electrons. The zero-order chi connectivity index (χ0) is 13.2. The van der Waals surface area contributed by atoms with Crippen LogP contribution in [0.5, 0.6) is 0 Å². The first-order valence-electron chi connectivity index (χ1n) is 7.66. The van der Waals surface area contributed by atoms with Crippen LogP contribution in [0.3, 0.4) is 0 Å². The predicted octanol–water partition coefficient (Wildman–Crippen LogP) is 2.00. The average molecular weight is 254 g/mol. The number of likely N-dealkylation sites (N-methyl/N-ethyl adjacent to an activating group) is 1. The zero-order valence-corrected chi connectivity index (χ0v) is 12.3. The van der Waals surface area contributed by atoms with Crippen molar-refractivity contribution >= 4 is 0 Å². The van der Waals surface area contributed by atoms with Crippen LogP contribution in [0.15, 0.2) is 0 Å². The highest BCUT2D eigenvalue weighted by molar-refractivity contribution is 4.99. The Balaban J connectivity index is 2.01. The summed E-state index contributed by atoms with van der Waals surface area (Å²) in [5.74, 6) is 0.741. The van der Waals surface area contributed by atoms with Gasteiger partial charge in [0.15, 0.2) is 0 Å². The van der Waals surface area contributed by atoms with Gasteiger partial charge in [-0.05, 0) is 51.5 Å². The maximum Gasteiger partial charge on any atom is 0.0613 e. The highest BCUT2D eigenvalue weighted by Crippen LogP contribution is 2.37. The van der Waals surface area contributed by atoms with Crippen LogP contribution in [0.4, 0.5) is 0 Å². The molecule has 0 aromatic carbocycles. The van der Waals surface area contributed by atoms with Crippen LogP contribution in [-0.4, -0.2) is 47.8 Å². The minimum absolute atomic E-state index is 0.0208. The van der Waals surface area contributed by atoms with Crippen molar-refractivity contribution in [1.82, 2.24) is 10.2 Å². The lowest BCUT2D eigenvalue weighted by Gasteiger charge is -2.44. The minimum Gasteiger partial charge on any atom is -0.394 e. The van der Waals surface area contributed by atoms with E-state index in [1.807, 2.05) is 7.05 Å². The lowest BCUT2D eigenvalue weighted by molar-refractivity contribution is 0.0541. The number of hydrogen-bond donors (Lipinski definition) is 2. The van der Waals surface area contributed by atoms with Gasteiger partial charge in [0.05, 0.1) is 6.61 Å². The second kappa shape index (κ2) is 5.89. The van der Waals surface area contributed by atoms with E-state index in [4.69, 9.17) is 0 Å². The summed E-state index contributed by atoms with van der Waals surface area (Å²) in [5.41, 5.74) is -0.0208. The van der Waals surface area contributed by atoms with E-state index in [9.17, 15) is 5.11 Å². The number of nitrogens with one attached hydrogen (secondary N) is 1. The van der Waals surface area contributed by atoms with E-state index in [0.29, 0.717) is 6.04 Å². The maximum atomic E-state index is 9.70. The molecule has 0 heterocycles. The molecule has 0 saturated heterocycles. The first-order valence-corrected chi connectivity index (χ1v) is 7.66. The molecule has 0 amide bonds. The van der Waals surface area contributed by atoms with E-state index in [1.54, 1.807) is 0 Å². The predicted molar refractivity (Wildman–Crippen MR) is 75.7 cm³/mol. The zero-order valence-electron chi connectivity index (χ0n) is 12.3. The SMILES string of the molecule is CNC1(CO)CCCC(N(CC(C)C)C2CC2)C1. The number of hydrogen-bond acceptors (Lipinski definition) is 3. The fourth-order valence-corrected chi connectivity index (χ4v) is 3.49. The molecule has 2 aliphatic carbocycles. The van der Waals surface area contributed by atoms with E-state index in [0.717, 1.165) is 24.8 Å². The second-order valence-corrected chi connectivity index (χ2v) is 6.76. The van der Waals surface area contributed by atoms with Crippen molar-refractivity contribution in [2.24, 2.45) is 5.92 Å². The van der Waals surface area contributed by atoms with Crippen molar-refractivity contribution in [2.45, 2.75) is 70.0 Å². The Kier molecular flexibility index (Phi) is 4.68. The molecule has 0 aromatic heterocycles. The normalized spacial score (nSPS) is 33.3. The summed E-state index contributed by atoms with van der Waals surface area (Å²) < 4.78 is 0. The highest BCUT2D eigenvalue weighted by atomic mass is 16.3. The summed E-state index contributed by atoms with van der Waals surface area (Å²) in [6, 6.07) is 1.51. The van der Waals surface area contributed by atoms with Gasteiger partial charge in [-0.3, -0.25) is 4.90 Å². The monoisotopic (exact) mass is 254 g/mol. The van der Waals surface area contributed by atoms with Crippen LogP contribution in [0, 0.1) is 5.92 Å². The third-order valence-corrected chi connectivity index (χ3v) is 4.71. The molecular weight excluding hydrogens is 224 g/mol. The van der Waals surface area contributed by atoms with Crippen molar-refractivity contribution in [3.8, 4) is 0 Å². The minimum atomic E-state index is -0.0208. The molecule has 2 fully saturated rings. The van der Waals surface area contributed by atoms with Gasteiger partial charge in [0.2, 0.25) is 0 Å². The van der Waals surface area contributed by atoms with Crippen LogP contribution in [-0.2, 0) is 0 Å². The number of aliphatic hydroxyl groups is 1. The summed E-state index contributed by atoms with van der Waals surface area (Å²) >= 11 is 0. The molecule has 2 N–H and O–H groups in total. The molecule has 2 rings (SSSR count). The lowest BCUT2D eigenvalue weighted by Crippen LogP contribution is -2.55. The van der Waals surface area contributed by atoms with Crippen LogP contribution >= 0.6 is 0 Å². The van der Waals surface area contributed by atoms with E-state index in [-0.39, 0.29) is 12.1 Å². The Bertz CT molecular complexity index is 259. The topological polar surface area (TPSA) is 35.5 Å². The fraction of sp³-hybridized carbons (Fsp3) is 1.00.